The lowest BCUT2D eigenvalue weighted by Crippen LogP contribution is -2.35. The molecule has 0 spiro atoms. The molecule has 1 N–H and O–H groups in total. The molecule has 0 bridgehead atoms. The molecule has 1 aromatic carbocycles. The standard InChI is InChI=1S/C13H13Cl2NO3/c1-13(12(18)19)4-5-16(7-13)11(17)9-3-2-8(14)6-10(9)15/h2-3,6H,4-5,7H2,1H3,(H,18,19)/t13-/m1/s1. The van der Waals surface area contributed by atoms with E-state index in [9.17, 15) is 9.59 Å². The molecule has 0 aromatic heterocycles. The molecule has 6 heteroatoms. The molecular formula is C13H13Cl2NO3. The molecule has 0 aliphatic carbocycles. The average Bonchev–Trinajstić information content (AvgIpc) is 2.73. The minimum atomic E-state index is -0.884. The van der Waals surface area contributed by atoms with Crippen LogP contribution in [0.2, 0.25) is 10.0 Å². The third-order valence-electron chi connectivity index (χ3n) is 3.44. The minimum Gasteiger partial charge on any atom is -0.481 e. The smallest absolute Gasteiger partial charge is 0.311 e. The number of carbonyl (C=O) groups excluding carboxylic acids is 1. The van der Waals surface area contributed by atoms with E-state index in [0.29, 0.717) is 23.6 Å². The molecule has 1 aliphatic rings. The summed E-state index contributed by atoms with van der Waals surface area (Å²) in [4.78, 5) is 25.0. The zero-order valence-corrected chi connectivity index (χ0v) is 11.8. The van der Waals surface area contributed by atoms with Crippen LogP contribution in [0, 0.1) is 5.41 Å². The topological polar surface area (TPSA) is 57.6 Å². The summed E-state index contributed by atoms with van der Waals surface area (Å²) in [5.74, 6) is -1.14. The first-order valence-electron chi connectivity index (χ1n) is 5.81. The van der Waals surface area contributed by atoms with Gasteiger partial charge < -0.3 is 10.0 Å². The highest BCUT2D eigenvalue weighted by Gasteiger charge is 2.42. The zero-order valence-electron chi connectivity index (χ0n) is 10.3. The van der Waals surface area contributed by atoms with E-state index in [1.165, 1.54) is 11.0 Å². The number of benzene rings is 1. The largest absolute Gasteiger partial charge is 0.481 e. The molecule has 1 fully saturated rings. The van der Waals surface area contributed by atoms with Gasteiger partial charge in [-0.15, -0.1) is 0 Å². The van der Waals surface area contributed by atoms with Gasteiger partial charge >= 0.3 is 5.97 Å². The summed E-state index contributed by atoms with van der Waals surface area (Å²) >= 11 is 11.8. The number of carboxylic acids is 1. The Hall–Kier alpha value is -1.26. The number of aliphatic carboxylic acids is 1. The zero-order chi connectivity index (χ0) is 14.2. The van der Waals surface area contributed by atoms with Gasteiger partial charge in [0.2, 0.25) is 0 Å². The molecule has 0 saturated carbocycles. The summed E-state index contributed by atoms with van der Waals surface area (Å²) in [6.07, 6.45) is 0.444. The van der Waals surface area contributed by atoms with Crippen molar-refractivity contribution < 1.29 is 14.7 Å². The van der Waals surface area contributed by atoms with Crippen LogP contribution in [0.3, 0.4) is 0 Å². The van der Waals surface area contributed by atoms with Crippen LogP contribution >= 0.6 is 23.2 Å². The number of amides is 1. The van der Waals surface area contributed by atoms with Crippen molar-refractivity contribution >= 4 is 35.1 Å². The van der Waals surface area contributed by atoms with Crippen LogP contribution in [-0.4, -0.2) is 35.0 Å². The quantitative estimate of drug-likeness (QED) is 0.914. The van der Waals surface area contributed by atoms with Gasteiger partial charge in [-0.05, 0) is 31.5 Å². The van der Waals surface area contributed by atoms with Gasteiger partial charge in [0.05, 0.1) is 16.0 Å². The summed E-state index contributed by atoms with van der Waals surface area (Å²) in [7, 11) is 0. The number of carboxylic acid groups (broad SMARTS) is 1. The van der Waals surface area contributed by atoms with Gasteiger partial charge in [0, 0.05) is 18.1 Å². The highest BCUT2D eigenvalue weighted by Crippen LogP contribution is 2.32. The fourth-order valence-corrected chi connectivity index (χ4v) is 2.63. The summed E-state index contributed by atoms with van der Waals surface area (Å²) < 4.78 is 0. The second-order valence-corrected chi connectivity index (χ2v) is 5.81. The van der Waals surface area contributed by atoms with Crippen molar-refractivity contribution in [1.82, 2.24) is 4.90 Å². The maximum Gasteiger partial charge on any atom is 0.311 e. The molecule has 1 amide bonds. The number of halogens is 2. The van der Waals surface area contributed by atoms with Crippen LogP contribution in [0.25, 0.3) is 0 Å². The molecule has 4 nitrogen and oxygen atoms in total. The summed E-state index contributed by atoms with van der Waals surface area (Å²) in [5, 5.41) is 9.89. The fourth-order valence-electron chi connectivity index (χ4n) is 2.14. The van der Waals surface area contributed by atoms with Crippen LogP contribution in [-0.2, 0) is 4.79 Å². The van der Waals surface area contributed by atoms with E-state index in [1.54, 1.807) is 19.1 Å². The Morgan fingerprint density at radius 2 is 2.05 bits per heavy atom. The Bertz CT molecular complexity index is 547. The molecule has 2 rings (SSSR count). The molecular weight excluding hydrogens is 289 g/mol. The molecule has 19 heavy (non-hydrogen) atoms. The molecule has 1 heterocycles. The Balaban J connectivity index is 2.20. The van der Waals surface area contributed by atoms with Gasteiger partial charge in [-0.1, -0.05) is 23.2 Å². The van der Waals surface area contributed by atoms with E-state index in [0.717, 1.165) is 0 Å². The highest BCUT2D eigenvalue weighted by molar-refractivity contribution is 6.36. The summed E-state index contributed by atoms with van der Waals surface area (Å²) in [6.45, 7) is 2.26. The second-order valence-electron chi connectivity index (χ2n) is 4.97. The van der Waals surface area contributed by atoms with Crippen molar-refractivity contribution in [2.45, 2.75) is 13.3 Å². The minimum absolute atomic E-state index is 0.195. The van der Waals surface area contributed by atoms with Crippen molar-refractivity contribution in [3.05, 3.63) is 33.8 Å². The van der Waals surface area contributed by atoms with Gasteiger partial charge in [0.1, 0.15) is 0 Å². The Kier molecular flexibility index (Phi) is 3.74. The van der Waals surface area contributed by atoms with Crippen LogP contribution in [0.5, 0.6) is 0 Å². The van der Waals surface area contributed by atoms with Crippen molar-refractivity contribution in [3.63, 3.8) is 0 Å². The lowest BCUT2D eigenvalue weighted by Gasteiger charge is -2.20. The Morgan fingerprint density at radius 1 is 1.37 bits per heavy atom. The maximum absolute atomic E-state index is 12.3. The molecule has 1 aliphatic heterocycles. The lowest BCUT2D eigenvalue weighted by molar-refractivity contribution is -0.147. The first-order chi connectivity index (χ1) is 8.83. The first kappa shape index (κ1) is 14.2. The van der Waals surface area contributed by atoms with Crippen molar-refractivity contribution in [1.29, 1.82) is 0 Å². The third-order valence-corrected chi connectivity index (χ3v) is 3.99. The van der Waals surface area contributed by atoms with Gasteiger partial charge in [-0.25, -0.2) is 0 Å². The molecule has 0 radical (unpaired) electrons. The van der Waals surface area contributed by atoms with Crippen LogP contribution in [0.15, 0.2) is 18.2 Å². The SMILES string of the molecule is C[C@@]1(C(=O)O)CCN(C(=O)c2ccc(Cl)cc2Cl)C1. The van der Waals surface area contributed by atoms with E-state index in [1.807, 2.05) is 0 Å². The van der Waals surface area contributed by atoms with E-state index >= 15 is 0 Å². The lowest BCUT2D eigenvalue weighted by atomic mass is 9.90. The average molecular weight is 302 g/mol. The predicted octanol–water partition coefficient (Wildman–Crippen LogP) is 2.93. The molecule has 1 aromatic rings. The molecule has 1 atom stereocenters. The van der Waals surface area contributed by atoms with Crippen molar-refractivity contribution in [2.24, 2.45) is 5.41 Å². The summed E-state index contributed by atoms with van der Waals surface area (Å²) in [6, 6.07) is 4.65. The number of rotatable bonds is 2. The number of nitrogens with zero attached hydrogens (tertiary/aromatic N) is 1. The van der Waals surface area contributed by atoms with Crippen LogP contribution < -0.4 is 0 Å². The van der Waals surface area contributed by atoms with E-state index in [-0.39, 0.29) is 17.5 Å². The monoisotopic (exact) mass is 301 g/mol. The van der Waals surface area contributed by atoms with E-state index < -0.39 is 11.4 Å². The Labute approximate surface area is 120 Å². The van der Waals surface area contributed by atoms with Gasteiger partial charge in [-0.2, -0.15) is 0 Å². The van der Waals surface area contributed by atoms with E-state index in [4.69, 9.17) is 28.3 Å². The molecule has 102 valence electrons. The number of hydrogen-bond acceptors (Lipinski definition) is 2. The normalized spacial score (nSPS) is 22.6. The van der Waals surface area contributed by atoms with Crippen LogP contribution in [0.1, 0.15) is 23.7 Å². The fraction of sp³-hybridized carbons (Fsp3) is 0.385. The molecule has 1 saturated heterocycles. The van der Waals surface area contributed by atoms with Crippen molar-refractivity contribution in [3.8, 4) is 0 Å². The highest BCUT2D eigenvalue weighted by atomic mass is 35.5. The van der Waals surface area contributed by atoms with Gasteiger partial charge in [0.15, 0.2) is 0 Å². The molecule has 0 unspecified atom stereocenters. The van der Waals surface area contributed by atoms with Crippen LogP contribution in [0.4, 0.5) is 0 Å². The first-order valence-corrected chi connectivity index (χ1v) is 6.57. The predicted molar refractivity (Wildman–Crippen MR) is 72.7 cm³/mol. The summed E-state index contributed by atoms with van der Waals surface area (Å²) in [5.41, 5.74) is -0.533. The maximum atomic E-state index is 12.3. The number of carbonyl (C=O) groups is 2. The van der Waals surface area contributed by atoms with E-state index in [2.05, 4.69) is 0 Å². The second kappa shape index (κ2) is 5.02. The van der Waals surface area contributed by atoms with Gasteiger partial charge in [0.25, 0.3) is 5.91 Å². The number of likely N-dealkylation sites (tertiary alicyclic amines) is 1. The third kappa shape index (κ3) is 2.69. The van der Waals surface area contributed by atoms with Crippen molar-refractivity contribution in [2.75, 3.05) is 13.1 Å². The number of hydrogen-bond donors (Lipinski definition) is 1. The van der Waals surface area contributed by atoms with Gasteiger partial charge in [-0.3, -0.25) is 9.59 Å². The Morgan fingerprint density at radius 3 is 2.58 bits per heavy atom.